The summed E-state index contributed by atoms with van der Waals surface area (Å²) >= 11 is 18.2. The van der Waals surface area contributed by atoms with Crippen LogP contribution >= 0.6 is 34.8 Å². The maximum atomic E-state index is 11.3. The summed E-state index contributed by atoms with van der Waals surface area (Å²) in [5.41, 5.74) is 20.2. The Balaban J connectivity index is 0.000000133. The first-order valence-corrected chi connectivity index (χ1v) is 22.2. The van der Waals surface area contributed by atoms with Gasteiger partial charge in [-0.3, -0.25) is 4.79 Å². The average molecular weight is 920 g/mol. The molecule has 11 nitrogen and oxygen atoms in total. The van der Waals surface area contributed by atoms with Crippen LogP contribution in [0.5, 0.6) is 0 Å². The molecule has 65 heavy (non-hydrogen) atoms. The Morgan fingerprint density at radius 1 is 0.585 bits per heavy atom. The van der Waals surface area contributed by atoms with Crippen molar-refractivity contribution < 1.29 is 4.79 Å². The van der Waals surface area contributed by atoms with E-state index in [-0.39, 0.29) is 0 Å². The maximum absolute atomic E-state index is 11.3. The minimum Gasteiger partial charge on any atom is -0.383 e. The third kappa shape index (κ3) is 11.1. The fourth-order valence-corrected chi connectivity index (χ4v) is 7.88. The van der Waals surface area contributed by atoms with E-state index >= 15 is 0 Å². The molecule has 3 heterocycles. The van der Waals surface area contributed by atoms with Crippen molar-refractivity contribution in [2.45, 2.75) is 39.2 Å². The molecule has 0 bridgehead atoms. The van der Waals surface area contributed by atoms with Crippen LogP contribution in [-0.4, -0.2) is 48.4 Å². The molecule has 0 radical (unpaired) electrons. The van der Waals surface area contributed by atoms with E-state index in [2.05, 4.69) is 90.8 Å². The topological polar surface area (TPSA) is 171 Å². The van der Waals surface area contributed by atoms with E-state index in [0.717, 1.165) is 94.3 Å². The van der Waals surface area contributed by atoms with Crippen molar-refractivity contribution in [1.82, 2.24) is 29.9 Å². The first-order valence-electron chi connectivity index (χ1n) is 21.1. The Morgan fingerprint density at radius 3 is 1.62 bits per heavy atom. The van der Waals surface area contributed by atoms with Crippen molar-refractivity contribution in [2.75, 3.05) is 22.9 Å². The fourth-order valence-electron chi connectivity index (χ4n) is 7.27. The molecule has 0 spiro atoms. The number of halogens is 3. The second-order valence-electron chi connectivity index (χ2n) is 16.1. The zero-order valence-electron chi connectivity index (χ0n) is 35.6. The average Bonchev–Trinajstić information content (AvgIpc) is 3.29. The molecular weight excluding hydrogens is 875 g/mol. The molecule has 0 aliphatic heterocycles. The summed E-state index contributed by atoms with van der Waals surface area (Å²) in [6.45, 7) is 5.23. The molecule has 6 N–H and O–H groups in total. The van der Waals surface area contributed by atoms with Crippen molar-refractivity contribution in [1.29, 1.82) is 0 Å². The Bertz CT molecular complexity index is 3160. The molecule has 0 saturated heterocycles. The summed E-state index contributed by atoms with van der Waals surface area (Å²) in [4.78, 5) is 37.0. The standard InChI is InChI=1S/C18H16ClN3.C18H18ClN3.C15H11ClN4O/c19-14-4-1-3-12(9-14)13-7-8-17-16(10-13)18(21-11-20-17)22-15-5-2-6-15;1-12(2)10-20-18-16-9-14(6-7-17(16)21-11-22-18)13-4-3-5-15(19)8-13;16-11-4-9(3-10(5-11)15(18)21)8-1-2-13-12(6-8)14(17)20-7-19-13/h1,3-4,7-11,15H,2,5-6H2,(H,20,21,22);3-9,11-12H,10H2,1-2H3,(H,20,21,22);1-7H,(H2,18,21)(H2,17,19,20). The lowest BCUT2D eigenvalue weighted by atomic mass is 9.93. The van der Waals surface area contributed by atoms with E-state index in [0.29, 0.717) is 28.4 Å². The van der Waals surface area contributed by atoms with Crippen molar-refractivity contribution in [3.05, 3.63) is 161 Å². The third-order valence-electron chi connectivity index (χ3n) is 10.9. The third-order valence-corrected chi connectivity index (χ3v) is 11.6. The quantitative estimate of drug-likeness (QED) is 0.109. The molecule has 1 saturated carbocycles. The van der Waals surface area contributed by atoms with Crippen molar-refractivity contribution in [2.24, 2.45) is 11.7 Å². The highest BCUT2D eigenvalue weighted by Crippen LogP contribution is 2.32. The zero-order chi connectivity index (χ0) is 45.5. The number of rotatable bonds is 9. The Labute approximate surface area is 391 Å². The molecule has 9 aromatic rings. The summed E-state index contributed by atoms with van der Waals surface area (Å²) in [6.07, 6.45) is 8.39. The van der Waals surface area contributed by atoms with Gasteiger partial charge in [-0.2, -0.15) is 0 Å². The normalized spacial score (nSPS) is 12.2. The molecule has 0 atom stereocenters. The van der Waals surface area contributed by atoms with E-state index in [9.17, 15) is 4.79 Å². The molecule has 1 aliphatic carbocycles. The van der Waals surface area contributed by atoms with Gasteiger partial charge in [-0.05, 0) is 137 Å². The number of hydrogen-bond acceptors (Lipinski definition) is 10. The van der Waals surface area contributed by atoms with Crippen LogP contribution in [0, 0.1) is 5.92 Å². The highest BCUT2D eigenvalue weighted by molar-refractivity contribution is 6.31. The number of nitrogens with two attached hydrogens (primary N) is 2. The Morgan fingerprint density at radius 2 is 1.08 bits per heavy atom. The van der Waals surface area contributed by atoms with Crippen molar-refractivity contribution in [3.63, 3.8) is 0 Å². The van der Waals surface area contributed by atoms with Crippen LogP contribution in [0.3, 0.4) is 0 Å². The van der Waals surface area contributed by atoms with Gasteiger partial charge in [-0.1, -0.05) is 91.1 Å². The molecule has 1 aliphatic rings. The maximum Gasteiger partial charge on any atom is 0.248 e. The molecular formula is C51H45Cl3N10O. The number of nitrogen functional groups attached to an aromatic ring is 1. The van der Waals surface area contributed by atoms with Gasteiger partial charge in [0, 0.05) is 49.4 Å². The predicted molar refractivity (Wildman–Crippen MR) is 267 cm³/mol. The number of anilines is 3. The van der Waals surface area contributed by atoms with Crippen LogP contribution in [0.1, 0.15) is 43.5 Å². The predicted octanol–water partition coefficient (Wildman–Crippen LogP) is 12.6. The van der Waals surface area contributed by atoms with Crippen LogP contribution in [0.2, 0.25) is 15.1 Å². The van der Waals surface area contributed by atoms with E-state index < -0.39 is 5.91 Å². The number of nitrogens with zero attached hydrogens (tertiary/aromatic N) is 6. The van der Waals surface area contributed by atoms with Crippen LogP contribution in [0.15, 0.2) is 140 Å². The minimum atomic E-state index is -0.526. The van der Waals surface area contributed by atoms with E-state index in [1.807, 2.05) is 66.7 Å². The molecule has 6 aromatic carbocycles. The van der Waals surface area contributed by atoms with Gasteiger partial charge in [0.25, 0.3) is 0 Å². The molecule has 326 valence electrons. The fraction of sp³-hybridized carbons (Fsp3) is 0.157. The zero-order valence-corrected chi connectivity index (χ0v) is 37.9. The summed E-state index contributed by atoms with van der Waals surface area (Å²) in [7, 11) is 0. The van der Waals surface area contributed by atoms with Gasteiger partial charge < -0.3 is 22.1 Å². The van der Waals surface area contributed by atoms with Gasteiger partial charge in [0.15, 0.2) is 0 Å². The monoisotopic (exact) mass is 918 g/mol. The van der Waals surface area contributed by atoms with Gasteiger partial charge >= 0.3 is 0 Å². The van der Waals surface area contributed by atoms with Gasteiger partial charge in [-0.15, -0.1) is 0 Å². The van der Waals surface area contributed by atoms with Crippen LogP contribution in [0.4, 0.5) is 17.5 Å². The van der Waals surface area contributed by atoms with Crippen LogP contribution in [-0.2, 0) is 0 Å². The second-order valence-corrected chi connectivity index (χ2v) is 17.4. The second kappa shape index (κ2) is 20.3. The highest BCUT2D eigenvalue weighted by atomic mass is 35.5. The summed E-state index contributed by atoms with van der Waals surface area (Å²) in [5.74, 6) is 2.24. The molecule has 10 rings (SSSR count). The van der Waals surface area contributed by atoms with E-state index in [1.165, 1.54) is 31.7 Å². The smallest absolute Gasteiger partial charge is 0.248 e. The van der Waals surface area contributed by atoms with Crippen LogP contribution in [0.25, 0.3) is 66.1 Å². The lowest BCUT2D eigenvalue weighted by molar-refractivity contribution is 0.1000. The highest BCUT2D eigenvalue weighted by Gasteiger charge is 2.19. The number of fused-ring (bicyclic) bond motifs is 3. The number of carbonyl (C=O) groups excluding carboxylic acids is 1. The lowest BCUT2D eigenvalue weighted by Crippen LogP contribution is -2.27. The minimum absolute atomic E-state index is 0.356. The molecule has 1 amide bonds. The Hall–Kier alpha value is -6.92. The number of hydrogen-bond donors (Lipinski definition) is 4. The van der Waals surface area contributed by atoms with Crippen molar-refractivity contribution >= 4 is 90.9 Å². The van der Waals surface area contributed by atoms with Gasteiger partial charge in [0.2, 0.25) is 5.91 Å². The lowest BCUT2D eigenvalue weighted by Gasteiger charge is -2.27. The molecule has 1 fully saturated rings. The van der Waals surface area contributed by atoms with Gasteiger partial charge in [0.1, 0.15) is 36.4 Å². The number of amides is 1. The first kappa shape index (κ1) is 44.7. The van der Waals surface area contributed by atoms with Gasteiger partial charge in [0.05, 0.1) is 16.6 Å². The Kier molecular flexibility index (Phi) is 13.9. The number of benzene rings is 6. The number of aromatic nitrogens is 6. The summed E-state index contributed by atoms with van der Waals surface area (Å²) in [5, 5.41) is 11.7. The van der Waals surface area contributed by atoms with E-state index in [4.69, 9.17) is 46.3 Å². The van der Waals surface area contributed by atoms with E-state index in [1.54, 1.807) is 24.8 Å². The number of nitrogens with one attached hydrogen (secondary N) is 2. The molecule has 14 heteroatoms. The summed E-state index contributed by atoms with van der Waals surface area (Å²) in [6, 6.07) is 39.3. The largest absolute Gasteiger partial charge is 0.383 e. The number of primary amides is 1. The SMILES string of the molecule is CC(C)CNc1ncnc2ccc(-c3cccc(Cl)c3)cc12.Clc1cccc(-c2ccc3ncnc(NC4CCC4)c3c2)c1.NC(=O)c1cc(Cl)cc(-c2ccc3ncnc(N)c3c2)c1. The number of carbonyl (C=O) groups is 1. The first-order chi connectivity index (χ1) is 31.5. The van der Waals surface area contributed by atoms with Crippen LogP contribution < -0.4 is 22.1 Å². The summed E-state index contributed by atoms with van der Waals surface area (Å²) < 4.78 is 0. The van der Waals surface area contributed by atoms with Crippen molar-refractivity contribution in [3.8, 4) is 33.4 Å². The molecule has 0 unspecified atom stereocenters. The molecule has 3 aromatic heterocycles. The van der Waals surface area contributed by atoms with Gasteiger partial charge in [-0.25, -0.2) is 29.9 Å².